The fraction of sp³-hybridized carbons (Fsp3) is 0.500. The zero-order valence-electron chi connectivity index (χ0n) is 11.6. The minimum atomic E-state index is -0.911. The number of likely N-dealkylation sites (N-methyl/N-ethyl adjacent to an activating group) is 1. The number of ether oxygens (including phenoxy) is 1. The predicted molar refractivity (Wildman–Crippen MR) is 70.1 cm³/mol. The second kappa shape index (κ2) is 5.85. The summed E-state index contributed by atoms with van der Waals surface area (Å²) in [6, 6.07) is 3.84. The van der Waals surface area contributed by atoms with Crippen LogP contribution in [0.25, 0.3) is 0 Å². The summed E-state index contributed by atoms with van der Waals surface area (Å²) in [6.45, 7) is 3.65. The third-order valence-electron chi connectivity index (χ3n) is 3.45. The maximum Gasteiger partial charge on any atom is 0.253 e. The van der Waals surface area contributed by atoms with E-state index in [-0.39, 0.29) is 5.91 Å². The number of morpholine rings is 1. The van der Waals surface area contributed by atoms with Crippen LogP contribution in [0.15, 0.2) is 18.2 Å². The normalized spacial score (nSPS) is 23.6. The quantitative estimate of drug-likeness (QED) is 0.909. The summed E-state index contributed by atoms with van der Waals surface area (Å²) in [6.07, 6.45) is 0. The fourth-order valence-electron chi connectivity index (χ4n) is 2.38. The lowest BCUT2D eigenvalue weighted by Crippen LogP contribution is -2.57. The Labute approximate surface area is 116 Å². The number of hydrogen-bond donors (Lipinski definition) is 1. The van der Waals surface area contributed by atoms with Crippen LogP contribution < -0.4 is 5.32 Å². The zero-order chi connectivity index (χ0) is 14.8. The number of halogens is 2. The molecule has 0 spiro atoms. The van der Waals surface area contributed by atoms with Crippen molar-refractivity contribution in [1.82, 2.24) is 10.2 Å². The standard InChI is InChI=1S/C14H18F2N2O2/c1-14(13(19)17-2)9-18(5-6-20-14)8-10-3-4-11(15)12(16)7-10/h3-4,7H,5-6,8-9H2,1-2H3,(H,17,19)/t14-/m0/s1. The average molecular weight is 284 g/mol. The van der Waals surface area contributed by atoms with E-state index >= 15 is 0 Å². The Morgan fingerprint density at radius 3 is 2.85 bits per heavy atom. The van der Waals surface area contributed by atoms with Gasteiger partial charge in [-0.3, -0.25) is 9.69 Å². The minimum absolute atomic E-state index is 0.188. The highest BCUT2D eigenvalue weighted by atomic mass is 19.2. The van der Waals surface area contributed by atoms with Gasteiger partial charge in [-0.05, 0) is 24.6 Å². The molecule has 20 heavy (non-hydrogen) atoms. The van der Waals surface area contributed by atoms with Gasteiger partial charge in [-0.2, -0.15) is 0 Å². The van der Waals surface area contributed by atoms with Crippen LogP contribution in [-0.2, 0) is 16.1 Å². The lowest BCUT2D eigenvalue weighted by molar-refractivity contribution is -0.156. The Balaban J connectivity index is 2.06. The maximum absolute atomic E-state index is 13.2. The van der Waals surface area contributed by atoms with E-state index in [2.05, 4.69) is 5.32 Å². The topological polar surface area (TPSA) is 41.6 Å². The first kappa shape index (κ1) is 14.9. The van der Waals surface area contributed by atoms with Crippen molar-refractivity contribution < 1.29 is 18.3 Å². The molecule has 0 bridgehead atoms. The molecular formula is C14H18F2N2O2. The first-order valence-corrected chi connectivity index (χ1v) is 6.47. The van der Waals surface area contributed by atoms with Crippen molar-refractivity contribution in [2.45, 2.75) is 19.1 Å². The highest BCUT2D eigenvalue weighted by Crippen LogP contribution is 2.20. The molecule has 1 saturated heterocycles. The van der Waals surface area contributed by atoms with E-state index in [9.17, 15) is 13.6 Å². The van der Waals surface area contributed by atoms with E-state index in [4.69, 9.17) is 4.74 Å². The molecule has 1 atom stereocenters. The molecule has 1 fully saturated rings. The van der Waals surface area contributed by atoms with Gasteiger partial charge < -0.3 is 10.1 Å². The Hall–Kier alpha value is -1.53. The summed E-state index contributed by atoms with van der Waals surface area (Å²) in [5, 5.41) is 2.58. The van der Waals surface area contributed by atoms with E-state index < -0.39 is 17.2 Å². The van der Waals surface area contributed by atoms with Crippen molar-refractivity contribution in [3.05, 3.63) is 35.4 Å². The van der Waals surface area contributed by atoms with Crippen molar-refractivity contribution in [2.75, 3.05) is 26.7 Å². The van der Waals surface area contributed by atoms with Crippen LogP contribution >= 0.6 is 0 Å². The van der Waals surface area contributed by atoms with E-state index in [1.54, 1.807) is 20.0 Å². The molecular weight excluding hydrogens is 266 g/mol. The number of amides is 1. The summed E-state index contributed by atoms with van der Waals surface area (Å²) >= 11 is 0. The molecule has 1 aliphatic rings. The van der Waals surface area contributed by atoms with Gasteiger partial charge in [0.1, 0.15) is 0 Å². The van der Waals surface area contributed by atoms with Crippen molar-refractivity contribution in [3.63, 3.8) is 0 Å². The fourth-order valence-corrected chi connectivity index (χ4v) is 2.38. The third-order valence-corrected chi connectivity index (χ3v) is 3.45. The molecule has 6 heteroatoms. The lowest BCUT2D eigenvalue weighted by Gasteiger charge is -2.39. The Morgan fingerprint density at radius 2 is 2.20 bits per heavy atom. The zero-order valence-corrected chi connectivity index (χ0v) is 11.6. The van der Waals surface area contributed by atoms with Gasteiger partial charge in [0, 0.05) is 26.7 Å². The molecule has 0 radical (unpaired) electrons. The number of nitrogens with zero attached hydrogens (tertiary/aromatic N) is 1. The van der Waals surface area contributed by atoms with E-state index in [0.29, 0.717) is 31.8 Å². The molecule has 1 N–H and O–H groups in total. The number of nitrogens with one attached hydrogen (secondary N) is 1. The summed E-state index contributed by atoms with van der Waals surface area (Å²) in [7, 11) is 1.56. The highest BCUT2D eigenvalue weighted by Gasteiger charge is 2.38. The molecule has 0 aliphatic carbocycles. The molecule has 0 unspecified atom stereocenters. The number of hydrogen-bond acceptors (Lipinski definition) is 3. The minimum Gasteiger partial charge on any atom is -0.363 e. The van der Waals surface area contributed by atoms with E-state index in [1.165, 1.54) is 6.07 Å². The second-order valence-electron chi connectivity index (χ2n) is 5.12. The molecule has 1 amide bonds. The van der Waals surface area contributed by atoms with Gasteiger partial charge in [0.25, 0.3) is 5.91 Å². The Kier molecular flexibility index (Phi) is 4.35. The SMILES string of the molecule is CNC(=O)[C@]1(C)CN(Cc2ccc(F)c(F)c2)CCO1. The number of rotatable bonds is 3. The van der Waals surface area contributed by atoms with Crippen LogP contribution in [0.1, 0.15) is 12.5 Å². The van der Waals surface area contributed by atoms with Gasteiger partial charge in [0.15, 0.2) is 17.2 Å². The van der Waals surface area contributed by atoms with Gasteiger partial charge >= 0.3 is 0 Å². The molecule has 1 aromatic carbocycles. The second-order valence-corrected chi connectivity index (χ2v) is 5.12. The van der Waals surface area contributed by atoms with Crippen molar-refractivity contribution in [3.8, 4) is 0 Å². The van der Waals surface area contributed by atoms with Crippen LogP contribution in [0.4, 0.5) is 8.78 Å². The number of benzene rings is 1. The lowest BCUT2D eigenvalue weighted by atomic mass is 10.0. The van der Waals surface area contributed by atoms with Crippen molar-refractivity contribution in [1.29, 1.82) is 0 Å². The van der Waals surface area contributed by atoms with Crippen LogP contribution in [0, 0.1) is 11.6 Å². The molecule has 0 aromatic heterocycles. The molecule has 1 heterocycles. The number of carbonyl (C=O) groups is 1. The molecule has 2 rings (SSSR count). The van der Waals surface area contributed by atoms with Crippen LogP contribution in [0.3, 0.4) is 0 Å². The summed E-state index contributed by atoms with van der Waals surface area (Å²) in [4.78, 5) is 13.8. The van der Waals surface area contributed by atoms with Crippen molar-refractivity contribution in [2.24, 2.45) is 0 Å². The molecule has 110 valence electrons. The molecule has 4 nitrogen and oxygen atoms in total. The molecule has 1 aromatic rings. The summed E-state index contributed by atoms with van der Waals surface area (Å²) in [5.74, 6) is -1.90. The Morgan fingerprint density at radius 1 is 1.45 bits per heavy atom. The maximum atomic E-state index is 13.2. The van der Waals surface area contributed by atoms with Gasteiger partial charge in [-0.15, -0.1) is 0 Å². The average Bonchev–Trinajstić information content (AvgIpc) is 2.42. The summed E-state index contributed by atoms with van der Waals surface area (Å²) < 4.78 is 31.6. The monoisotopic (exact) mass is 284 g/mol. The van der Waals surface area contributed by atoms with Crippen molar-refractivity contribution >= 4 is 5.91 Å². The highest BCUT2D eigenvalue weighted by molar-refractivity contribution is 5.84. The van der Waals surface area contributed by atoms with Crippen LogP contribution in [0.2, 0.25) is 0 Å². The first-order valence-electron chi connectivity index (χ1n) is 6.47. The third kappa shape index (κ3) is 3.13. The van der Waals surface area contributed by atoms with Gasteiger partial charge in [-0.1, -0.05) is 6.07 Å². The predicted octanol–water partition coefficient (Wildman–Crippen LogP) is 1.30. The largest absolute Gasteiger partial charge is 0.363 e. The Bertz CT molecular complexity index is 510. The van der Waals surface area contributed by atoms with Crippen LogP contribution in [0.5, 0.6) is 0 Å². The van der Waals surface area contributed by atoms with E-state index in [0.717, 1.165) is 6.07 Å². The van der Waals surface area contributed by atoms with Gasteiger partial charge in [0.05, 0.1) is 6.61 Å². The molecule has 1 aliphatic heterocycles. The smallest absolute Gasteiger partial charge is 0.253 e. The molecule has 0 saturated carbocycles. The first-order chi connectivity index (χ1) is 9.44. The van der Waals surface area contributed by atoms with Gasteiger partial charge in [0.2, 0.25) is 0 Å². The number of carbonyl (C=O) groups excluding carboxylic acids is 1. The van der Waals surface area contributed by atoms with Gasteiger partial charge in [-0.25, -0.2) is 8.78 Å². The van der Waals surface area contributed by atoms with Crippen LogP contribution in [-0.4, -0.2) is 43.2 Å². The summed E-state index contributed by atoms with van der Waals surface area (Å²) in [5.41, 5.74) is -0.240. The van der Waals surface area contributed by atoms with E-state index in [1.807, 2.05) is 4.90 Å².